The molecule has 5 aromatic rings. The predicted octanol–water partition coefficient (Wildman–Crippen LogP) is 4.33. The number of aromatic nitrogens is 8. The van der Waals surface area contributed by atoms with Gasteiger partial charge in [-0.25, -0.2) is 14.8 Å². The molecule has 45 heavy (non-hydrogen) atoms. The molecule has 0 bridgehead atoms. The quantitative estimate of drug-likeness (QED) is 0.196. The van der Waals surface area contributed by atoms with Gasteiger partial charge in [0.1, 0.15) is 24.6 Å². The Balaban J connectivity index is 1.17. The number of pyridine rings is 2. The smallest absolute Gasteiger partial charge is 0.412 e. The Morgan fingerprint density at radius 3 is 2.73 bits per heavy atom. The first-order valence-corrected chi connectivity index (χ1v) is 14.7. The fraction of sp³-hybridized carbons (Fsp3) is 0.276. The lowest BCUT2D eigenvalue weighted by Crippen LogP contribution is -2.23. The summed E-state index contributed by atoms with van der Waals surface area (Å²) in [6.07, 6.45) is 3.69. The van der Waals surface area contributed by atoms with Gasteiger partial charge in [0, 0.05) is 41.2 Å². The zero-order valence-corrected chi connectivity index (χ0v) is 25.5. The van der Waals surface area contributed by atoms with E-state index in [-0.39, 0.29) is 30.0 Å². The zero-order valence-electron chi connectivity index (χ0n) is 23.9. The summed E-state index contributed by atoms with van der Waals surface area (Å²) in [7, 11) is 1.58. The Bertz CT molecular complexity index is 1860. The third-order valence-corrected chi connectivity index (χ3v) is 7.70. The molecule has 0 spiro atoms. The highest BCUT2D eigenvalue weighted by atomic mass is 35.5. The Morgan fingerprint density at radius 1 is 1.09 bits per heavy atom. The number of aromatic amines is 1. The molecule has 4 aromatic heterocycles. The second kappa shape index (κ2) is 13.6. The summed E-state index contributed by atoms with van der Waals surface area (Å²) in [4.78, 5) is 37.6. The van der Waals surface area contributed by atoms with Gasteiger partial charge in [-0.1, -0.05) is 23.2 Å². The van der Waals surface area contributed by atoms with Crippen molar-refractivity contribution in [2.24, 2.45) is 0 Å². The number of rotatable bonds is 11. The van der Waals surface area contributed by atoms with Crippen LogP contribution in [0.4, 0.5) is 10.6 Å². The van der Waals surface area contributed by atoms with E-state index < -0.39 is 6.09 Å². The van der Waals surface area contributed by atoms with Crippen molar-refractivity contribution in [2.75, 3.05) is 38.9 Å². The molecule has 1 aliphatic rings. The molecule has 0 fully saturated rings. The largest absolute Gasteiger partial charge is 0.447 e. The number of methoxy groups -OCH3 is 1. The van der Waals surface area contributed by atoms with Gasteiger partial charge in [-0.15, -0.1) is 5.10 Å². The van der Waals surface area contributed by atoms with Gasteiger partial charge >= 0.3 is 6.09 Å². The number of carbonyl (C=O) groups excluding carboxylic acids is 1. The fourth-order valence-electron chi connectivity index (χ4n) is 5.14. The van der Waals surface area contributed by atoms with Crippen molar-refractivity contribution in [1.82, 2.24) is 39.7 Å². The van der Waals surface area contributed by atoms with Crippen molar-refractivity contribution in [1.29, 1.82) is 0 Å². The van der Waals surface area contributed by atoms with Crippen LogP contribution in [0.25, 0.3) is 28.2 Å². The summed E-state index contributed by atoms with van der Waals surface area (Å²) in [6, 6.07) is 11.9. The number of halogens is 2. The van der Waals surface area contributed by atoms with Gasteiger partial charge in [-0.05, 0) is 65.2 Å². The number of nitrogens with zero attached hydrogens (tertiary/aromatic N) is 7. The van der Waals surface area contributed by atoms with Gasteiger partial charge in [-0.3, -0.25) is 10.1 Å². The van der Waals surface area contributed by atoms with E-state index in [1.807, 2.05) is 6.07 Å². The molecule has 0 aliphatic carbocycles. The minimum Gasteiger partial charge on any atom is -0.447 e. The van der Waals surface area contributed by atoms with Gasteiger partial charge in [-0.2, -0.15) is 4.68 Å². The molecule has 1 amide bonds. The number of aryl methyl sites for hydroxylation is 1. The number of anilines is 1. The molecular weight excluding hydrogens is 625 g/mol. The number of H-pyrrole nitrogens is 1. The molecule has 1 aliphatic heterocycles. The van der Waals surface area contributed by atoms with Crippen molar-refractivity contribution in [3.05, 3.63) is 86.9 Å². The lowest BCUT2D eigenvalue weighted by atomic mass is 10.0. The van der Waals surface area contributed by atoms with E-state index in [0.717, 1.165) is 11.3 Å². The second-order valence-corrected chi connectivity index (χ2v) is 10.8. The number of carbonyl (C=O) groups is 1. The van der Waals surface area contributed by atoms with Crippen LogP contribution in [0.15, 0.2) is 59.8 Å². The van der Waals surface area contributed by atoms with Crippen molar-refractivity contribution < 1.29 is 19.0 Å². The molecule has 232 valence electrons. The number of imidazole rings is 1. The lowest BCUT2D eigenvalue weighted by molar-refractivity contribution is 0.0447. The summed E-state index contributed by atoms with van der Waals surface area (Å²) in [5.41, 5.74) is 4.05. The Kier molecular flexibility index (Phi) is 9.16. The van der Waals surface area contributed by atoms with Gasteiger partial charge in [0.15, 0.2) is 5.15 Å². The van der Waals surface area contributed by atoms with Gasteiger partial charge < -0.3 is 23.8 Å². The summed E-state index contributed by atoms with van der Waals surface area (Å²) < 4.78 is 18.5. The van der Waals surface area contributed by atoms with Gasteiger partial charge in [0.05, 0.1) is 37.2 Å². The maximum Gasteiger partial charge on any atom is 0.412 e. The Morgan fingerprint density at radius 2 is 1.96 bits per heavy atom. The molecule has 0 saturated carbocycles. The number of fused-ring (bicyclic) bond motifs is 1. The third-order valence-electron chi connectivity index (χ3n) is 7.18. The highest BCUT2D eigenvalue weighted by Gasteiger charge is 2.30. The predicted molar refractivity (Wildman–Crippen MR) is 165 cm³/mol. The van der Waals surface area contributed by atoms with E-state index in [4.69, 9.17) is 37.4 Å². The summed E-state index contributed by atoms with van der Waals surface area (Å²) in [5.74, 6) is 0.782. The van der Waals surface area contributed by atoms with E-state index in [1.165, 1.54) is 11.0 Å². The average molecular weight is 652 g/mol. The number of ether oxygens (including phenoxy) is 3. The first kappa shape index (κ1) is 30.4. The summed E-state index contributed by atoms with van der Waals surface area (Å²) >= 11 is 12.9. The Labute approximate surface area is 266 Å². The zero-order chi connectivity index (χ0) is 31.3. The molecule has 2 N–H and O–H groups in total. The average Bonchev–Trinajstić information content (AvgIpc) is 3.80. The van der Waals surface area contributed by atoms with E-state index in [9.17, 15) is 9.59 Å². The molecule has 16 heteroatoms. The standard InChI is InChI=1S/C29H27Cl2N9O5/c1-43-8-9-44-10-11-45-29(42)34-24-7-2-17(15-32-24)28-35-26(27(31)36-28)23-6-4-20-12-18(13-25(41)40(20)23)21-14-19(30)3-5-22(21)39-16-33-37-38-39/h2-3,5,7,12-16,23H,4,6,8-11H2,1H3,(H,35,36)(H,32,34,42)/t23-/m0/s1. The monoisotopic (exact) mass is 651 g/mol. The minimum absolute atomic E-state index is 0.0956. The van der Waals surface area contributed by atoms with Crippen molar-refractivity contribution in [3.63, 3.8) is 0 Å². The molecule has 1 aromatic carbocycles. The number of hydrogen-bond acceptors (Lipinski definition) is 10. The van der Waals surface area contributed by atoms with Crippen LogP contribution in [0.2, 0.25) is 10.2 Å². The maximum absolute atomic E-state index is 13.5. The van der Waals surface area contributed by atoms with Crippen LogP contribution in [0.1, 0.15) is 23.9 Å². The SMILES string of the molecule is COCCOCCOC(=O)Nc1ccc(-c2nc(Cl)c([C@@H]3CCc4cc(-c5cc(Cl)ccc5-n5cnnn5)cc(=O)n43)[nH]2)cn1. The van der Waals surface area contributed by atoms with Crippen LogP contribution >= 0.6 is 23.2 Å². The van der Waals surface area contributed by atoms with Crippen LogP contribution in [0, 0.1) is 0 Å². The number of amides is 1. The highest BCUT2D eigenvalue weighted by molar-refractivity contribution is 6.31. The third kappa shape index (κ3) is 6.73. The topological polar surface area (TPSA) is 164 Å². The highest BCUT2D eigenvalue weighted by Crippen LogP contribution is 2.37. The molecule has 0 radical (unpaired) electrons. The van der Waals surface area contributed by atoms with Crippen LogP contribution < -0.4 is 10.9 Å². The number of tetrazole rings is 1. The van der Waals surface area contributed by atoms with Crippen molar-refractivity contribution in [2.45, 2.75) is 18.9 Å². The molecular formula is C29H27Cl2N9O5. The number of hydrogen-bond donors (Lipinski definition) is 2. The molecule has 14 nitrogen and oxygen atoms in total. The van der Waals surface area contributed by atoms with Crippen molar-refractivity contribution in [3.8, 4) is 28.2 Å². The number of benzene rings is 1. The first-order chi connectivity index (χ1) is 21.9. The van der Waals surface area contributed by atoms with E-state index in [1.54, 1.807) is 54.3 Å². The van der Waals surface area contributed by atoms with Crippen LogP contribution in [-0.4, -0.2) is 79.4 Å². The molecule has 6 rings (SSSR count). The summed E-state index contributed by atoms with van der Waals surface area (Å²) in [6.45, 7) is 1.24. The molecule has 0 saturated heterocycles. The van der Waals surface area contributed by atoms with Crippen LogP contribution in [-0.2, 0) is 20.6 Å². The molecule has 0 unspecified atom stereocenters. The fourth-order valence-corrected chi connectivity index (χ4v) is 5.57. The van der Waals surface area contributed by atoms with Crippen molar-refractivity contribution >= 4 is 35.1 Å². The van der Waals surface area contributed by atoms with Crippen LogP contribution in [0.3, 0.4) is 0 Å². The van der Waals surface area contributed by atoms with E-state index in [0.29, 0.717) is 65.2 Å². The molecule has 5 heterocycles. The number of nitrogens with one attached hydrogen (secondary N) is 2. The van der Waals surface area contributed by atoms with Gasteiger partial charge in [0.25, 0.3) is 5.56 Å². The lowest BCUT2D eigenvalue weighted by Gasteiger charge is -2.15. The van der Waals surface area contributed by atoms with Gasteiger partial charge in [0.2, 0.25) is 0 Å². The normalized spacial score (nSPS) is 14.0. The molecule has 1 atom stereocenters. The second-order valence-electron chi connectivity index (χ2n) is 10.0. The summed E-state index contributed by atoms with van der Waals surface area (Å²) in [5, 5.41) is 14.8. The van der Waals surface area contributed by atoms with E-state index >= 15 is 0 Å². The maximum atomic E-state index is 13.5. The first-order valence-electron chi connectivity index (χ1n) is 13.9. The van der Waals surface area contributed by atoms with E-state index in [2.05, 4.69) is 35.8 Å². The van der Waals surface area contributed by atoms with Crippen LogP contribution in [0.5, 0.6) is 0 Å². The minimum atomic E-state index is -0.649. The Hall–Kier alpha value is -4.63.